The minimum absolute atomic E-state index is 0.218. The average Bonchev–Trinajstić information content (AvgIpc) is 2.39. The molecule has 0 atom stereocenters. The summed E-state index contributed by atoms with van der Waals surface area (Å²) in [5, 5.41) is 9.68. The highest BCUT2D eigenvalue weighted by Gasteiger charge is 1.98. The SMILES string of the molecule is C=Cc1ccc(O)c(C=Nc2ccccc2)c1. The first-order chi connectivity index (χ1) is 8.29. The van der Waals surface area contributed by atoms with E-state index in [2.05, 4.69) is 11.6 Å². The quantitative estimate of drug-likeness (QED) is 0.789. The van der Waals surface area contributed by atoms with Gasteiger partial charge < -0.3 is 5.11 Å². The van der Waals surface area contributed by atoms with E-state index in [1.165, 1.54) is 0 Å². The minimum atomic E-state index is 0.218. The Morgan fingerprint density at radius 3 is 2.53 bits per heavy atom. The lowest BCUT2D eigenvalue weighted by Crippen LogP contribution is -1.83. The highest BCUT2D eigenvalue weighted by molar-refractivity contribution is 5.86. The summed E-state index contributed by atoms with van der Waals surface area (Å²) in [4.78, 5) is 4.29. The molecule has 84 valence electrons. The van der Waals surface area contributed by atoms with Crippen LogP contribution < -0.4 is 0 Å². The second-order valence-electron chi connectivity index (χ2n) is 3.62. The largest absolute Gasteiger partial charge is 0.507 e. The van der Waals surface area contributed by atoms with E-state index in [-0.39, 0.29) is 5.75 Å². The van der Waals surface area contributed by atoms with Crippen LogP contribution in [0.2, 0.25) is 0 Å². The Hall–Kier alpha value is -2.35. The van der Waals surface area contributed by atoms with Gasteiger partial charge in [0.1, 0.15) is 5.75 Å². The fourth-order valence-corrected chi connectivity index (χ4v) is 1.46. The molecule has 2 nitrogen and oxygen atoms in total. The highest BCUT2D eigenvalue weighted by atomic mass is 16.3. The third-order valence-electron chi connectivity index (χ3n) is 2.40. The van der Waals surface area contributed by atoms with Gasteiger partial charge in [0.15, 0.2) is 0 Å². The number of phenols is 1. The number of para-hydroxylation sites is 1. The molecule has 2 aromatic carbocycles. The number of hydrogen-bond donors (Lipinski definition) is 1. The number of aromatic hydroxyl groups is 1. The molecule has 0 fully saturated rings. The van der Waals surface area contributed by atoms with Crippen LogP contribution in [0.4, 0.5) is 5.69 Å². The van der Waals surface area contributed by atoms with Crippen LogP contribution in [0.25, 0.3) is 6.08 Å². The van der Waals surface area contributed by atoms with E-state index >= 15 is 0 Å². The van der Waals surface area contributed by atoms with Gasteiger partial charge in [0, 0.05) is 11.8 Å². The summed E-state index contributed by atoms with van der Waals surface area (Å²) in [6, 6.07) is 14.9. The Balaban J connectivity index is 2.29. The van der Waals surface area contributed by atoms with E-state index < -0.39 is 0 Å². The third-order valence-corrected chi connectivity index (χ3v) is 2.40. The van der Waals surface area contributed by atoms with E-state index in [9.17, 15) is 5.11 Å². The molecule has 0 amide bonds. The predicted molar refractivity (Wildman–Crippen MR) is 71.9 cm³/mol. The molecule has 2 heteroatoms. The molecule has 0 aliphatic heterocycles. The van der Waals surface area contributed by atoms with Crippen molar-refractivity contribution < 1.29 is 5.11 Å². The lowest BCUT2D eigenvalue weighted by atomic mass is 10.1. The van der Waals surface area contributed by atoms with Gasteiger partial charge in [0.25, 0.3) is 0 Å². The van der Waals surface area contributed by atoms with Crippen molar-refractivity contribution in [3.05, 3.63) is 66.2 Å². The first-order valence-corrected chi connectivity index (χ1v) is 5.34. The number of nitrogens with zero attached hydrogens (tertiary/aromatic N) is 1. The van der Waals surface area contributed by atoms with Crippen molar-refractivity contribution in [3.8, 4) is 5.75 Å². The van der Waals surface area contributed by atoms with Gasteiger partial charge in [-0.2, -0.15) is 0 Å². The molecule has 2 rings (SSSR count). The maximum absolute atomic E-state index is 9.68. The summed E-state index contributed by atoms with van der Waals surface area (Å²) in [7, 11) is 0. The number of rotatable bonds is 3. The van der Waals surface area contributed by atoms with Crippen LogP contribution in [-0.4, -0.2) is 11.3 Å². The second-order valence-corrected chi connectivity index (χ2v) is 3.62. The summed E-state index contributed by atoms with van der Waals surface area (Å²) in [6.45, 7) is 3.69. The smallest absolute Gasteiger partial charge is 0.124 e. The fourth-order valence-electron chi connectivity index (χ4n) is 1.46. The Bertz CT molecular complexity index is 544. The van der Waals surface area contributed by atoms with Crippen LogP contribution >= 0.6 is 0 Å². The van der Waals surface area contributed by atoms with Gasteiger partial charge in [-0.3, -0.25) is 4.99 Å². The van der Waals surface area contributed by atoms with Gasteiger partial charge in [-0.15, -0.1) is 0 Å². The number of hydrogen-bond acceptors (Lipinski definition) is 2. The first-order valence-electron chi connectivity index (χ1n) is 5.34. The van der Waals surface area contributed by atoms with Crippen molar-refractivity contribution in [2.75, 3.05) is 0 Å². The van der Waals surface area contributed by atoms with Crippen LogP contribution in [0.15, 0.2) is 60.1 Å². The Kier molecular flexibility index (Phi) is 3.36. The molecule has 0 bridgehead atoms. The van der Waals surface area contributed by atoms with Gasteiger partial charge in [0.2, 0.25) is 0 Å². The zero-order valence-electron chi connectivity index (χ0n) is 9.38. The standard InChI is InChI=1S/C15H13NO/c1-2-12-8-9-15(17)13(10-12)11-16-14-6-4-3-5-7-14/h2-11,17H,1H2. The molecule has 0 radical (unpaired) electrons. The van der Waals surface area contributed by atoms with Gasteiger partial charge in [-0.25, -0.2) is 0 Å². The molecule has 17 heavy (non-hydrogen) atoms. The molecule has 0 aromatic heterocycles. The Morgan fingerprint density at radius 2 is 1.82 bits per heavy atom. The van der Waals surface area contributed by atoms with Crippen molar-refractivity contribution in [2.45, 2.75) is 0 Å². The zero-order valence-corrected chi connectivity index (χ0v) is 9.38. The second kappa shape index (κ2) is 5.12. The molecular weight excluding hydrogens is 210 g/mol. The molecule has 0 heterocycles. The maximum atomic E-state index is 9.68. The highest BCUT2D eigenvalue weighted by Crippen LogP contribution is 2.18. The summed E-state index contributed by atoms with van der Waals surface area (Å²) in [5.41, 5.74) is 2.50. The van der Waals surface area contributed by atoms with Gasteiger partial charge in [-0.1, -0.05) is 36.9 Å². The lowest BCUT2D eigenvalue weighted by molar-refractivity contribution is 0.474. The molecule has 0 saturated carbocycles. The number of phenolic OH excluding ortho intramolecular Hbond substituents is 1. The Labute approximate surface area is 101 Å². The molecule has 0 aliphatic rings. The minimum Gasteiger partial charge on any atom is -0.507 e. The molecule has 0 aliphatic carbocycles. The van der Waals surface area contributed by atoms with Crippen LogP contribution in [0, 0.1) is 0 Å². The molecule has 1 N–H and O–H groups in total. The van der Waals surface area contributed by atoms with Crippen LogP contribution in [0.3, 0.4) is 0 Å². The van der Waals surface area contributed by atoms with E-state index in [0.717, 1.165) is 11.3 Å². The molecule has 0 unspecified atom stereocenters. The monoisotopic (exact) mass is 223 g/mol. The molecule has 0 spiro atoms. The summed E-state index contributed by atoms with van der Waals surface area (Å²) < 4.78 is 0. The van der Waals surface area contributed by atoms with Gasteiger partial charge in [-0.05, 0) is 29.8 Å². The topological polar surface area (TPSA) is 32.6 Å². The van der Waals surface area contributed by atoms with Gasteiger partial charge >= 0.3 is 0 Å². The van der Waals surface area contributed by atoms with Crippen LogP contribution in [0.1, 0.15) is 11.1 Å². The van der Waals surface area contributed by atoms with E-state index in [1.807, 2.05) is 42.5 Å². The van der Waals surface area contributed by atoms with Crippen molar-refractivity contribution in [1.29, 1.82) is 0 Å². The predicted octanol–water partition coefficient (Wildman–Crippen LogP) is 3.79. The fraction of sp³-hybridized carbons (Fsp3) is 0. The first kappa shape index (κ1) is 11.1. The van der Waals surface area contributed by atoms with Crippen molar-refractivity contribution in [2.24, 2.45) is 4.99 Å². The zero-order chi connectivity index (χ0) is 12.1. The van der Waals surface area contributed by atoms with Crippen molar-refractivity contribution in [1.82, 2.24) is 0 Å². The maximum Gasteiger partial charge on any atom is 0.124 e. The summed E-state index contributed by atoms with van der Waals surface area (Å²) in [5.74, 6) is 0.218. The average molecular weight is 223 g/mol. The molecule has 0 saturated heterocycles. The van der Waals surface area contributed by atoms with Crippen molar-refractivity contribution >= 4 is 18.0 Å². The Morgan fingerprint density at radius 1 is 1.06 bits per heavy atom. The van der Waals surface area contributed by atoms with Crippen molar-refractivity contribution in [3.63, 3.8) is 0 Å². The molecule has 2 aromatic rings. The summed E-state index contributed by atoms with van der Waals surface area (Å²) in [6.07, 6.45) is 3.39. The lowest BCUT2D eigenvalue weighted by Gasteiger charge is -2.00. The van der Waals surface area contributed by atoms with Crippen LogP contribution in [0.5, 0.6) is 5.75 Å². The van der Waals surface area contributed by atoms with E-state index in [0.29, 0.717) is 5.56 Å². The third kappa shape index (κ3) is 2.82. The number of benzene rings is 2. The van der Waals surface area contributed by atoms with E-state index in [4.69, 9.17) is 0 Å². The summed E-state index contributed by atoms with van der Waals surface area (Å²) >= 11 is 0. The van der Waals surface area contributed by atoms with Crippen LogP contribution in [-0.2, 0) is 0 Å². The van der Waals surface area contributed by atoms with Gasteiger partial charge in [0.05, 0.1) is 5.69 Å². The number of aliphatic imine (C=N–C) groups is 1. The molecular formula is C15H13NO. The van der Waals surface area contributed by atoms with E-state index in [1.54, 1.807) is 18.4 Å². The normalized spacial score (nSPS) is 10.6.